The van der Waals surface area contributed by atoms with Gasteiger partial charge in [-0.2, -0.15) is 0 Å². The second-order valence-electron chi connectivity index (χ2n) is 7.33. The van der Waals surface area contributed by atoms with Gasteiger partial charge in [0.25, 0.3) is 0 Å². The van der Waals surface area contributed by atoms with Gasteiger partial charge in [0.05, 0.1) is 37.8 Å². The fourth-order valence-electron chi connectivity index (χ4n) is 4.23. The molecule has 0 aromatic carbocycles. The molecule has 1 saturated heterocycles. The van der Waals surface area contributed by atoms with Crippen LogP contribution in [0.4, 0.5) is 0 Å². The molecule has 12 nitrogen and oxygen atoms in total. The minimum Gasteiger partial charge on any atom is -0.472 e. The Morgan fingerprint density at radius 3 is 2.24 bits per heavy atom. The van der Waals surface area contributed by atoms with Crippen LogP contribution in [0.1, 0.15) is 0 Å². The normalized spacial score (nSPS) is 47.2. The van der Waals surface area contributed by atoms with Gasteiger partial charge in [-0.05, 0) is 0 Å². The third-order valence-electron chi connectivity index (χ3n) is 5.82. The molecule has 1 aliphatic carbocycles. The highest BCUT2D eigenvalue weighted by Crippen LogP contribution is 2.47. The summed E-state index contributed by atoms with van der Waals surface area (Å²) >= 11 is 0. The Hall–Kier alpha value is -1.35. The first kappa shape index (κ1) is 22.3. The molecule has 0 amide bonds. The summed E-state index contributed by atoms with van der Waals surface area (Å²) in [7, 11) is 1.13. The van der Waals surface area contributed by atoms with Crippen molar-refractivity contribution in [2.24, 2.45) is 17.8 Å². The van der Waals surface area contributed by atoms with E-state index in [9.17, 15) is 40.5 Å². The van der Waals surface area contributed by atoms with E-state index >= 15 is 0 Å². The number of carbonyl (C=O) groups is 1. The summed E-state index contributed by atoms with van der Waals surface area (Å²) in [4.78, 5) is 12.0. The maximum Gasteiger partial charge on any atom is 0.337 e. The predicted octanol–water partition coefficient (Wildman–Crippen LogP) is -4.21. The summed E-state index contributed by atoms with van der Waals surface area (Å²) in [6, 6.07) is 0. The minimum absolute atomic E-state index is 0.0614. The van der Waals surface area contributed by atoms with E-state index in [0.717, 1.165) is 13.4 Å². The number of hydrogen-bond acceptors (Lipinski definition) is 12. The van der Waals surface area contributed by atoms with Crippen molar-refractivity contribution in [3.05, 3.63) is 11.8 Å². The van der Waals surface area contributed by atoms with E-state index in [2.05, 4.69) is 4.74 Å². The second-order valence-corrected chi connectivity index (χ2v) is 7.33. The van der Waals surface area contributed by atoms with Crippen molar-refractivity contribution < 1.29 is 59.5 Å². The molecule has 166 valence electrons. The molecule has 0 bridgehead atoms. The number of rotatable bonds is 5. The molecule has 2 heterocycles. The van der Waals surface area contributed by atoms with Gasteiger partial charge in [-0.3, -0.25) is 0 Å². The molecule has 3 rings (SSSR count). The second kappa shape index (κ2) is 8.79. The monoisotopic (exact) mass is 422 g/mol. The average Bonchev–Trinajstić information content (AvgIpc) is 2.98. The molecule has 2 fully saturated rings. The van der Waals surface area contributed by atoms with E-state index in [1.807, 2.05) is 0 Å². The average molecular weight is 422 g/mol. The molecule has 29 heavy (non-hydrogen) atoms. The Morgan fingerprint density at radius 1 is 0.966 bits per heavy atom. The first-order chi connectivity index (χ1) is 13.8. The third-order valence-corrected chi connectivity index (χ3v) is 5.82. The number of ether oxygens (including phenoxy) is 4. The smallest absolute Gasteiger partial charge is 0.337 e. The highest BCUT2D eigenvalue weighted by atomic mass is 16.8. The van der Waals surface area contributed by atoms with Crippen molar-refractivity contribution in [3.63, 3.8) is 0 Å². The van der Waals surface area contributed by atoms with Crippen LogP contribution in [-0.4, -0.2) is 111 Å². The van der Waals surface area contributed by atoms with Gasteiger partial charge in [-0.1, -0.05) is 0 Å². The molecule has 0 radical (unpaired) electrons. The van der Waals surface area contributed by atoms with Crippen LogP contribution in [0, 0.1) is 17.8 Å². The maximum atomic E-state index is 12.0. The molecule has 1 saturated carbocycles. The molecular formula is C17H26O12. The molecule has 0 spiro atoms. The van der Waals surface area contributed by atoms with Crippen molar-refractivity contribution in [2.45, 2.75) is 49.2 Å². The Morgan fingerprint density at radius 2 is 1.66 bits per heavy atom. The van der Waals surface area contributed by atoms with Gasteiger partial charge in [0, 0.05) is 24.4 Å². The third kappa shape index (κ3) is 3.76. The fourth-order valence-corrected chi connectivity index (χ4v) is 4.23. The van der Waals surface area contributed by atoms with E-state index in [1.54, 1.807) is 0 Å². The topological polar surface area (TPSA) is 196 Å². The first-order valence-electron chi connectivity index (χ1n) is 9.13. The first-order valence-corrected chi connectivity index (χ1v) is 9.13. The Balaban J connectivity index is 1.87. The highest BCUT2D eigenvalue weighted by Gasteiger charge is 2.58. The van der Waals surface area contributed by atoms with Crippen LogP contribution in [0.15, 0.2) is 11.8 Å². The lowest BCUT2D eigenvalue weighted by molar-refractivity contribution is -0.343. The molecule has 0 aromatic heterocycles. The number of aliphatic hydroxyl groups is 7. The summed E-state index contributed by atoms with van der Waals surface area (Å²) < 4.78 is 21.0. The molecule has 12 heteroatoms. The molecule has 0 aromatic rings. The zero-order valence-electron chi connectivity index (χ0n) is 15.5. The summed E-state index contributed by atoms with van der Waals surface area (Å²) in [5.74, 6) is -3.68. The molecule has 11 atom stereocenters. The van der Waals surface area contributed by atoms with Crippen molar-refractivity contribution in [2.75, 3.05) is 20.3 Å². The van der Waals surface area contributed by atoms with Gasteiger partial charge < -0.3 is 54.7 Å². The van der Waals surface area contributed by atoms with Crippen LogP contribution < -0.4 is 0 Å². The maximum absolute atomic E-state index is 12.0. The van der Waals surface area contributed by atoms with Crippen molar-refractivity contribution >= 4 is 5.97 Å². The van der Waals surface area contributed by atoms with Crippen molar-refractivity contribution in [1.82, 2.24) is 0 Å². The lowest BCUT2D eigenvalue weighted by Crippen LogP contribution is -2.60. The molecule has 7 N–H and O–H groups in total. The molecule has 0 unspecified atom stereocenters. The minimum atomic E-state index is -1.70. The summed E-state index contributed by atoms with van der Waals surface area (Å²) in [5.41, 5.74) is -0.0614. The van der Waals surface area contributed by atoms with Gasteiger partial charge in [0.1, 0.15) is 24.4 Å². The Labute approximate surface area is 165 Å². The van der Waals surface area contributed by atoms with Gasteiger partial charge in [-0.25, -0.2) is 4.79 Å². The fraction of sp³-hybridized carbons (Fsp3) is 0.824. The largest absolute Gasteiger partial charge is 0.472 e. The van der Waals surface area contributed by atoms with E-state index in [1.165, 1.54) is 0 Å². The number of hydrogen-bond donors (Lipinski definition) is 7. The van der Waals surface area contributed by atoms with Gasteiger partial charge >= 0.3 is 5.97 Å². The molecule has 2 aliphatic heterocycles. The Kier molecular flexibility index (Phi) is 6.77. The van der Waals surface area contributed by atoms with Crippen LogP contribution in [0.5, 0.6) is 0 Å². The quantitative estimate of drug-likeness (QED) is 0.211. The zero-order chi connectivity index (χ0) is 21.5. The lowest BCUT2D eigenvalue weighted by Gasteiger charge is -2.43. The summed E-state index contributed by atoms with van der Waals surface area (Å²) in [5, 5.41) is 69.7. The number of fused-ring (bicyclic) bond motifs is 1. The van der Waals surface area contributed by atoms with Crippen molar-refractivity contribution in [1.29, 1.82) is 0 Å². The number of aliphatic hydroxyl groups excluding tert-OH is 7. The van der Waals surface area contributed by atoms with Crippen LogP contribution in [-0.2, 0) is 23.7 Å². The lowest BCUT2D eigenvalue weighted by atomic mass is 9.82. The number of methoxy groups -OCH3 is 1. The molecular weight excluding hydrogens is 396 g/mol. The van der Waals surface area contributed by atoms with Crippen molar-refractivity contribution in [3.8, 4) is 0 Å². The van der Waals surface area contributed by atoms with E-state index in [-0.39, 0.29) is 5.57 Å². The summed E-state index contributed by atoms with van der Waals surface area (Å²) in [6.45, 7) is -1.22. The number of carbonyl (C=O) groups excluding carboxylic acids is 1. The van der Waals surface area contributed by atoms with Gasteiger partial charge in [0.15, 0.2) is 6.29 Å². The van der Waals surface area contributed by atoms with Crippen LogP contribution in [0.2, 0.25) is 0 Å². The highest BCUT2D eigenvalue weighted by molar-refractivity contribution is 5.89. The Bertz CT molecular complexity index is 624. The standard InChI is InChI=1S/C17H26O12/c1-26-15(25)6-4-27-16(9-5(2-18)10(20)12(22)8(6)9)29-17-14(24)13(23)11(21)7(3-19)28-17/h4-5,7-14,16-24H,2-3H2,1H3/t5-,7-,8-,9-,10-,11-,12+,13+,14-,16+,17+/m1/s1. The van der Waals surface area contributed by atoms with Gasteiger partial charge in [-0.15, -0.1) is 0 Å². The van der Waals surface area contributed by atoms with Crippen LogP contribution in [0.3, 0.4) is 0 Å². The van der Waals surface area contributed by atoms with Crippen LogP contribution >= 0.6 is 0 Å². The SMILES string of the molecule is COC(=O)C1=CO[C@@H](O[C@@H]2O[C@H](CO)[C@@H](O)[C@H](O)[C@H]2O)[C@@H]2[C@@H](CO)[C@@H](O)[C@@H](O)[C@H]12. The van der Waals surface area contributed by atoms with Crippen LogP contribution in [0.25, 0.3) is 0 Å². The van der Waals surface area contributed by atoms with E-state index < -0.39 is 86.1 Å². The zero-order valence-corrected chi connectivity index (χ0v) is 15.5. The predicted molar refractivity (Wildman–Crippen MR) is 89.4 cm³/mol. The van der Waals surface area contributed by atoms with E-state index in [0.29, 0.717) is 0 Å². The van der Waals surface area contributed by atoms with E-state index in [4.69, 9.17) is 14.2 Å². The summed E-state index contributed by atoms with van der Waals surface area (Å²) in [6.07, 6.45) is -10.9. The number of esters is 1. The van der Waals surface area contributed by atoms with Gasteiger partial charge in [0.2, 0.25) is 6.29 Å². The molecule has 3 aliphatic rings.